The molecule has 3 nitrogen and oxygen atoms in total. The van der Waals surface area contributed by atoms with E-state index in [1.54, 1.807) is 0 Å². The Bertz CT molecular complexity index is 431. The molecule has 0 saturated carbocycles. The van der Waals surface area contributed by atoms with E-state index in [2.05, 4.69) is 17.5 Å². The van der Waals surface area contributed by atoms with E-state index in [0.29, 0.717) is 6.04 Å². The molecule has 1 aromatic rings. The van der Waals surface area contributed by atoms with Crippen LogP contribution in [0.25, 0.3) is 0 Å². The number of rotatable bonds is 5. The van der Waals surface area contributed by atoms with Crippen LogP contribution in [0.15, 0.2) is 36.4 Å². The van der Waals surface area contributed by atoms with Gasteiger partial charge < -0.3 is 10.1 Å². The fraction of sp³-hybridized carbons (Fsp3) is 0.400. The number of benzene rings is 1. The molecule has 0 saturated heterocycles. The Morgan fingerprint density at radius 3 is 2.78 bits per heavy atom. The number of nitrogens with one attached hydrogen (secondary N) is 1. The highest BCUT2D eigenvalue weighted by molar-refractivity contribution is 5.27. The molecular formula is C15H18N2O. The highest BCUT2D eigenvalue weighted by atomic mass is 16.5. The highest BCUT2D eigenvalue weighted by Gasteiger charge is 2.08. The molecule has 0 radical (unpaired) electrons. The van der Waals surface area contributed by atoms with Gasteiger partial charge in [0.1, 0.15) is 11.8 Å². The molecule has 0 heterocycles. The lowest BCUT2D eigenvalue weighted by atomic mass is 10.0. The second-order valence-electron chi connectivity index (χ2n) is 4.45. The maximum Gasteiger partial charge on any atom is 0.174 e. The van der Waals surface area contributed by atoms with Crippen LogP contribution >= 0.6 is 0 Å². The van der Waals surface area contributed by atoms with E-state index >= 15 is 0 Å². The van der Waals surface area contributed by atoms with Gasteiger partial charge in [0.25, 0.3) is 0 Å². The standard InChI is InChI=1S/C15H18N2O/c16-10-11-18-15-8-6-13(7-9-15)12-17-14-4-2-1-3-5-14/h1-2,6-9,14,17H,3-5,11-12H2. The summed E-state index contributed by atoms with van der Waals surface area (Å²) >= 11 is 0. The largest absolute Gasteiger partial charge is 0.479 e. The Morgan fingerprint density at radius 1 is 1.28 bits per heavy atom. The maximum absolute atomic E-state index is 8.42. The second-order valence-corrected chi connectivity index (χ2v) is 4.45. The van der Waals surface area contributed by atoms with E-state index in [9.17, 15) is 0 Å². The van der Waals surface area contributed by atoms with Crippen molar-refractivity contribution in [3.63, 3.8) is 0 Å². The number of allylic oxidation sites excluding steroid dienone is 1. The second kappa shape index (κ2) is 6.83. The Labute approximate surface area is 108 Å². The minimum Gasteiger partial charge on any atom is -0.479 e. The van der Waals surface area contributed by atoms with E-state index < -0.39 is 0 Å². The van der Waals surface area contributed by atoms with Gasteiger partial charge in [0, 0.05) is 12.6 Å². The number of nitriles is 1. The molecule has 1 aliphatic rings. The number of hydrogen-bond acceptors (Lipinski definition) is 3. The molecule has 0 amide bonds. The summed E-state index contributed by atoms with van der Waals surface area (Å²) in [5.74, 6) is 0.751. The van der Waals surface area contributed by atoms with Crippen molar-refractivity contribution in [3.8, 4) is 11.8 Å². The van der Waals surface area contributed by atoms with Gasteiger partial charge in [-0.15, -0.1) is 0 Å². The quantitative estimate of drug-likeness (QED) is 0.807. The van der Waals surface area contributed by atoms with Crippen molar-refractivity contribution >= 4 is 0 Å². The first-order valence-corrected chi connectivity index (χ1v) is 6.35. The molecule has 18 heavy (non-hydrogen) atoms. The molecule has 0 fully saturated rings. The van der Waals surface area contributed by atoms with Crippen molar-refractivity contribution in [2.75, 3.05) is 6.61 Å². The zero-order chi connectivity index (χ0) is 12.6. The van der Waals surface area contributed by atoms with Crippen molar-refractivity contribution in [1.82, 2.24) is 5.32 Å². The van der Waals surface area contributed by atoms with Gasteiger partial charge in [0.2, 0.25) is 0 Å². The lowest BCUT2D eigenvalue weighted by Crippen LogP contribution is -2.29. The molecule has 94 valence electrons. The molecule has 1 unspecified atom stereocenters. The van der Waals surface area contributed by atoms with Gasteiger partial charge in [0.15, 0.2) is 6.61 Å². The van der Waals surface area contributed by atoms with E-state index in [1.807, 2.05) is 30.3 Å². The molecule has 1 N–H and O–H groups in total. The van der Waals surface area contributed by atoms with Crippen molar-refractivity contribution in [1.29, 1.82) is 5.26 Å². The van der Waals surface area contributed by atoms with E-state index in [0.717, 1.165) is 18.7 Å². The zero-order valence-electron chi connectivity index (χ0n) is 10.4. The summed E-state index contributed by atoms with van der Waals surface area (Å²) in [4.78, 5) is 0. The smallest absolute Gasteiger partial charge is 0.174 e. The molecule has 1 atom stereocenters. The van der Waals surface area contributed by atoms with Gasteiger partial charge >= 0.3 is 0 Å². The van der Waals surface area contributed by atoms with Crippen LogP contribution in [0.4, 0.5) is 0 Å². The molecule has 0 aliphatic heterocycles. The summed E-state index contributed by atoms with van der Waals surface area (Å²) in [5.41, 5.74) is 1.24. The number of ether oxygens (including phenoxy) is 1. The lowest BCUT2D eigenvalue weighted by Gasteiger charge is -2.19. The van der Waals surface area contributed by atoms with Gasteiger partial charge in [-0.3, -0.25) is 0 Å². The molecule has 3 heteroatoms. The number of nitrogens with zero attached hydrogens (tertiary/aromatic N) is 1. The topological polar surface area (TPSA) is 45.0 Å². The van der Waals surface area contributed by atoms with Crippen LogP contribution in [-0.2, 0) is 6.54 Å². The summed E-state index contributed by atoms with van der Waals surface area (Å²) in [6.45, 7) is 0.989. The Kier molecular flexibility index (Phi) is 4.80. The van der Waals surface area contributed by atoms with Crippen LogP contribution in [-0.4, -0.2) is 12.6 Å². The summed E-state index contributed by atoms with van der Waals surface area (Å²) in [6, 6.07) is 10.5. The Morgan fingerprint density at radius 2 is 2.11 bits per heavy atom. The molecule has 0 aromatic heterocycles. The van der Waals surface area contributed by atoms with Crippen LogP contribution in [0.3, 0.4) is 0 Å². The van der Waals surface area contributed by atoms with Gasteiger partial charge in [-0.1, -0.05) is 24.3 Å². The molecule has 0 bridgehead atoms. The summed E-state index contributed by atoms with van der Waals surface area (Å²) in [5, 5.41) is 12.0. The van der Waals surface area contributed by atoms with Gasteiger partial charge in [-0.05, 0) is 37.0 Å². The first-order chi connectivity index (χ1) is 8.88. The third-order valence-corrected chi connectivity index (χ3v) is 3.09. The molecule has 2 rings (SSSR count). The summed E-state index contributed by atoms with van der Waals surface area (Å²) in [6.07, 6.45) is 8.03. The minimum atomic E-state index is 0.103. The third kappa shape index (κ3) is 3.90. The monoisotopic (exact) mass is 242 g/mol. The Balaban J connectivity index is 1.79. The fourth-order valence-corrected chi connectivity index (χ4v) is 2.06. The number of hydrogen-bond donors (Lipinski definition) is 1. The summed E-state index contributed by atoms with van der Waals surface area (Å²) in [7, 11) is 0. The predicted octanol–water partition coefficient (Wildman–Crippen LogP) is 2.79. The van der Waals surface area contributed by atoms with Crippen LogP contribution < -0.4 is 10.1 Å². The zero-order valence-corrected chi connectivity index (χ0v) is 10.4. The maximum atomic E-state index is 8.42. The van der Waals surface area contributed by atoms with Crippen LogP contribution in [0, 0.1) is 11.3 Å². The lowest BCUT2D eigenvalue weighted by molar-refractivity contribution is 0.368. The average molecular weight is 242 g/mol. The van der Waals surface area contributed by atoms with E-state index in [1.165, 1.54) is 18.4 Å². The normalized spacial score (nSPS) is 18.3. The third-order valence-electron chi connectivity index (χ3n) is 3.09. The summed E-state index contributed by atoms with van der Waals surface area (Å²) < 4.78 is 5.21. The van der Waals surface area contributed by atoms with Gasteiger partial charge in [-0.2, -0.15) is 5.26 Å². The first-order valence-electron chi connectivity index (χ1n) is 6.35. The minimum absolute atomic E-state index is 0.103. The molecule has 1 aliphatic carbocycles. The first kappa shape index (κ1) is 12.7. The highest BCUT2D eigenvalue weighted by Crippen LogP contribution is 2.14. The van der Waals surface area contributed by atoms with E-state index in [-0.39, 0.29) is 6.61 Å². The van der Waals surface area contributed by atoms with Crippen LogP contribution in [0.1, 0.15) is 24.8 Å². The van der Waals surface area contributed by atoms with Crippen LogP contribution in [0.2, 0.25) is 0 Å². The molecule has 1 aromatic carbocycles. The predicted molar refractivity (Wildman–Crippen MR) is 71.2 cm³/mol. The van der Waals surface area contributed by atoms with Crippen molar-refractivity contribution in [3.05, 3.63) is 42.0 Å². The van der Waals surface area contributed by atoms with E-state index in [4.69, 9.17) is 10.00 Å². The SMILES string of the molecule is N#CCOc1ccc(CNC2CC=CCC2)cc1. The molecular weight excluding hydrogens is 224 g/mol. The van der Waals surface area contributed by atoms with Crippen molar-refractivity contribution < 1.29 is 4.74 Å². The van der Waals surface area contributed by atoms with Crippen molar-refractivity contribution in [2.24, 2.45) is 0 Å². The average Bonchev–Trinajstić information content (AvgIpc) is 2.45. The van der Waals surface area contributed by atoms with Gasteiger partial charge in [-0.25, -0.2) is 0 Å². The van der Waals surface area contributed by atoms with Gasteiger partial charge in [0.05, 0.1) is 0 Å². The Hall–Kier alpha value is -1.79. The van der Waals surface area contributed by atoms with Crippen LogP contribution in [0.5, 0.6) is 5.75 Å². The van der Waals surface area contributed by atoms with Crippen molar-refractivity contribution in [2.45, 2.75) is 31.8 Å². The fourth-order valence-electron chi connectivity index (χ4n) is 2.06. The molecule has 0 spiro atoms.